The largest absolute Gasteiger partial charge is 0.463 e. The predicted molar refractivity (Wildman–Crippen MR) is 129 cm³/mol. The van der Waals surface area contributed by atoms with Crippen LogP contribution in [0.15, 0.2) is 41.6 Å². The van der Waals surface area contributed by atoms with E-state index in [1.807, 2.05) is 30.3 Å². The minimum Gasteiger partial charge on any atom is -0.463 e. The van der Waals surface area contributed by atoms with Gasteiger partial charge in [0.15, 0.2) is 0 Å². The zero-order valence-electron chi connectivity index (χ0n) is 20.1. The summed E-state index contributed by atoms with van der Waals surface area (Å²) in [7, 11) is 0. The molecule has 1 aromatic rings. The van der Waals surface area contributed by atoms with Crippen LogP contribution in [0.4, 0.5) is 4.79 Å². The van der Waals surface area contributed by atoms with Gasteiger partial charge in [-0.1, -0.05) is 43.2 Å². The summed E-state index contributed by atoms with van der Waals surface area (Å²) in [5.41, 5.74) is 1.85. The topological polar surface area (TPSA) is 91.0 Å². The number of amides is 3. The molecule has 3 heterocycles. The van der Waals surface area contributed by atoms with E-state index in [0.717, 1.165) is 57.4 Å². The third kappa shape index (κ3) is 5.78. The second-order valence-electron chi connectivity index (χ2n) is 9.34. The zero-order valence-corrected chi connectivity index (χ0v) is 20.1. The van der Waals surface area contributed by atoms with E-state index in [0.29, 0.717) is 23.7 Å². The van der Waals surface area contributed by atoms with E-state index in [9.17, 15) is 14.4 Å². The van der Waals surface area contributed by atoms with Crippen molar-refractivity contribution in [3.63, 3.8) is 0 Å². The van der Waals surface area contributed by atoms with Crippen LogP contribution in [0.1, 0.15) is 57.1 Å². The molecule has 2 N–H and O–H groups in total. The Kier molecular flexibility index (Phi) is 8.21. The maximum Gasteiger partial charge on any atom is 0.338 e. The highest BCUT2D eigenvalue weighted by molar-refractivity contribution is 5.95. The van der Waals surface area contributed by atoms with Gasteiger partial charge >= 0.3 is 12.0 Å². The quantitative estimate of drug-likeness (QED) is 0.627. The van der Waals surface area contributed by atoms with Gasteiger partial charge in [-0.2, -0.15) is 0 Å². The van der Waals surface area contributed by atoms with Gasteiger partial charge in [0.2, 0.25) is 5.91 Å². The molecular formula is C26H36N4O4. The number of carbonyl (C=O) groups is 3. The molecular weight excluding hydrogens is 432 g/mol. The van der Waals surface area contributed by atoms with Crippen LogP contribution in [0.3, 0.4) is 0 Å². The molecule has 3 aliphatic heterocycles. The molecule has 4 rings (SSSR count). The monoisotopic (exact) mass is 468 g/mol. The second-order valence-corrected chi connectivity index (χ2v) is 9.34. The number of nitrogens with one attached hydrogen (secondary N) is 2. The van der Waals surface area contributed by atoms with Crippen molar-refractivity contribution in [3.8, 4) is 0 Å². The second kappa shape index (κ2) is 11.5. The molecule has 0 spiro atoms. The molecule has 0 aromatic heterocycles. The summed E-state index contributed by atoms with van der Waals surface area (Å²) < 4.78 is 5.36. The van der Waals surface area contributed by atoms with Crippen molar-refractivity contribution in [2.45, 2.75) is 51.5 Å². The fourth-order valence-electron chi connectivity index (χ4n) is 5.20. The van der Waals surface area contributed by atoms with Crippen molar-refractivity contribution in [2.24, 2.45) is 5.92 Å². The first-order valence-corrected chi connectivity index (χ1v) is 12.6. The normalized spacial score (nSPS) is 22.6. The summed E-state index contributed by atoms with van der Waals surface area (Å²) in [5.74, 6) is -0.0649. The van der Waals surface area contributed by atoms with Crippen molar-refractivity contribution >= 4 is 17.9 Å². The average Bonchev–Trinajstić information content (AvgIpc) is 3.14. The van der Waals surface area contributed by atoms with Gasteiger partial charge in [-0.3, -0.25) is 9.69 Å². The molecule has 8 nitrogen and oxygen atoms in total. The van der Waals surface area contributed by atoms with E-state index in [4.69, 9.17) is 4.74 Å². The minimum absolute atomic E-state index is 0.0625. The Balaban J connectivity index is 1.46. The van der Waals surface area contributed by atoms with Crippen LogP contribution in [0, 0.1) is 5.92 Å². The Morgan fingerprint density at radius 2 is 1.68 bits per heavy atom. The third-order valence-electron chi connectivity index (χ3n) is 7.02. The number of ether oxygens (including phenoxy) is 1. The summed E-state index contributed by atoms with van der Waals surface area (Å²) in [6.45, 7) is 5.75. The Hall–Kier alpha value is -2.87. The standard InChI is InChI=1S/C26H36N4O4/c1-2-34-25(32)22-21(27-26(33)28-23(22)19-10-6-5-7-11-19)18-29-16-12-20(13-17-29)24(31)30-14-8-3-4-9-15-30/h5-7,10-11,20,23H,2-4,8-9,12-18H2,1H3,(H2,27,28,33)/t23-/m1/s1. The molecule has 184 valence electrons. The lowest BCUT2D eigenvalue weighted by molar-refractivity contribution is -0.139. The molecule has 0 bridgehead atoms. The number of nitrogens with zero attached hydrogens (tertiary/aromatic N) is 2. The van der Waals surface area contributed by atoms with Crippen LogP contribution in [0.2, 0.25) is 0 Å². The highest BCUT2D eigenvalue weighted by Gasteiger charge is 2.35. The Bertz CT molecular complexity index is 901. The van der Waals surface area contributed by atoms with Gasteiger partial charge in [0.25, 0.3) is 0 Å². The van der Waals surface area contributed by atoms with Crippen molar-refractivity contribution in [1.82, 2.24) is 20.4 Å². The maximum atomic E-state index is 13.0. The smallest absolute Gasteiger partial charge is 0.338 e. The zero-order chi connectivity index (χ0) is 23.9. The van der Waals surface area contributed by atoms with Crippen molar-refractivity contribution in [2.75, 3.05) is 39.3 Å². The van der Waals surface area contributed by atoms with Gasteiger partial charge in [-0.05, 0) is 51.3 Å². The molecule has 0 aliphatic carbocycles. The molecule has 0 unspecified atom stereocenters. The fourth-order valence-corrected chi connectivity index (χ4v) is 5.20. The van der Waals surface area contributed by atoms with E-state index in [-0.39, 0.29) is 18.6 Å². The van der Waals surface area contributed by atoms with Crippen LogP contribution >= 0.6 is 0 Å². The SMILES string of the molecule is CCOC(=O)C1=C(CN2CCC(C(=O)N3CCCCCC3)CC2)NC(=O)N[C@@H]1c1ccccc1. The molecule has 0 saturated carbocycles. The average molecular weight is 469 g/mol. The van der Waals surface area contributed by atoms with Crippen molar-refractivity contribution < 1.29 is 19.1 Å². The summed E-state index contributed by atoms with van der Waals surface area (Å²) >= 11 is 0. The lowest BCUT2D eigenvalue weighted by Crippen LogP contribution is -2.50. The number of hydrogen-bond acceptors (Lipinski definition) is 5. The number of urea groups is 1. The van der Waals surface area contributed by atoms with E-state index in [1.165, 1.54) is 12.8 Å². The van der Waals surface area contributed by atoms with Crippen LogP contribution in [-0.2, 0) is 14.3 Å². The Morgan fingerprint density at radius 3 is 2.32 bits per heavy atom. The summed E-state index contributed by atoms with van der Waals surface area (Å²) in [4.78, 5) is 42.7. The van der Waals surface area contributed by atoms with Crippen LogP contribution < -0.4 is 10.6 Å². The third-order valence-corrected chi connectivity index (χ3v) is 7.02. The number of esters is 1. The van der Waals surface area contributed by atoms with E-state index >= 15 is 0 Å². The number of rotatable bonds is 6. The molecule has 2 saturated heterocycles. The summed E-state index contributed by atoms with van der Waals surface area (Å²) in [6, 6.07) is 8.57. The van der Waals surface area contributed by atoms with Gasteiger partial charge in [0, 0.05) is 31.2 Å². The lowest BCUT2D eigenvalue weighted by Gasteiger charge is -2.36. The molecule has 8 heteroatoms. The first kappa shape index (κ1) is 24.3. The molecule has 2 fully saturated rings. The maximum absolute atomic E-state index is 13.0. The van der Waals surface area contributed by atoms with Gasteiger partial charge in [0.05, 0.1) is 18.2 Å². The minimum atomic E-state index is -0.564. The number of benzene rings is 1. The van der Waals surface area contributed by atoms with Crippen molar-refractivity contribution in [3.05, 3.63) is 47.2 Å². The first-order chi connectivity index (χ1) is 16.6. The molecule has 34 heavy (non-hydrogen) atoms. The highest BCUT2D eigenvalue weighted by Crippen LogP contribution is 2.29. The summed E-state index contributed by atoms with van der Waals surface area (Å²) in [6.07, 6.45) is 6.23. The molecule has 0 radical (unpaired) electrons. The lowest BCUT2D eigenvalue weighted by atomic mass is 9.93. The summed E-state index contributed by atoms with van der Waals surface area (Å²) in [5, 5.41) is 5.73. The van der Waals surface area contributed by atoms with Gasteiger partial charge in [-0.25, -0.2) is 9.59 Å². The number of carbonyl (C=O) groups excluding carboxylic acids is 3. The fraction of sp³-hybridized carbons (Fsp3) is 0.577. The Labute approximate surface area is 201 Å². The number of likely N-dealkylation sites (tertiary alicyclic amines) is 2. The van der Waals surface area contributed by atoms with Gasteiger partial charge in [-0.15, -0.1) is 0 Å². The number of hydrogen-bond donors (Lipinski definition) is 2. The molecule has 1 atom stereocenters. The molecule has 3 aliphatic rings. The van der Waals surface area contributed by atoms with Gasteiger partial charge < -0.3 is 20.3 Å². The van der Waals surface area contributed by atoms with Crippen LogP contribution in [0.5, 0.6) is 0 Å². The van der Waals surface area contributed by atoms with Crippen LogP contribution in [-0.4, -0.2) is 67.0 Å². The van der Waals surface area contributed by atoms with Crippen molar-refractivity contribution in [1.29, 1.82) is 0 Å². The van der Waals surface area contributed by atoms with Crippen LogP contribution in [0.25, 0.3) is 0 Å². The predicted octanol–water partition coefficient (Wildman–Crippen LogP) is 2.97. The Morgan fingerprint density at radius 1 is 1.00 bits per heavy atom. The number of piperidine rings is 1. The van der Waals surface area contributed by atoms with E-state index < -0.39 is 12.0 Å². The molecule has 1 aromatic carbocycles. The van der Waals surface area contributed by atoms with Gasteiger partial charge in [0.1, 0.15) is 0 Å². The molecule has 3 amide bonds. The first-order valence-electron chi connectivity index (χ1n) is 12.6. The van der Waals surface area contributed by atoms with E-state index in [1.54, 1.807) is 6.92 Å². The highest BCUT2D eigenvalue weighted by atomic mass is 16.5. The van der Waals surface area contributed by atoms with E-state index in [2.05, 4.69) is 20.4 Å².